The number of carbonyl (C=O) groups excluding carboxylic acids is 2. The van der Waals surface area contributed by atoms with E-state index in [1.165, 1.54) is 4.68 Å². The van der Waals surface area contributed by atoms with Gasteiger partial charge in [0, 0.05) is 35.8 Å². The zero-order chi connectivity index (χ0) is 26.3. The third-order valence-corrected chi connectivity index (χ3v) is 7.50. The molecule has 9 nitrogen and oxygen atoms in total. The number of carboxylic acids is 1. The molecule has 0 unspecified atom stereocenters. The third kappa shape index (κ3) is 5.44. The van der Waals surface area contributed by atoms with Crippen LogP contribution in [0.3, 0.4) is 0 Å². The van der Waals surface area contributed by atoms with Gasteiger partial charge < -0.3 is 15.3 Å². The van der Waals surface area contributed by atoms with Crippen molar-refractivity contribution < 1.29 is 19.5 Å². The second-order valence-corrected chi connectivity index (χ2v) is 10.4. The molecule has 37 heavy (non-hydrogen) atoms. The van der Waals surface area contributed by atoms with Gasteiger partial charge in [-0.15, -0.1) is 5.10 Å². The van der Waals surface area contributed by atoms with Gasteiger partial charge in [0.1, 0.15) is 6.04 Å². The summed E-state index contributed by atoms with van der Waals surface area (Å²) in [5.41, 5.74) is 2.76. The van der Waals surface area contributed by atoms with Gasteiger partial charge in [0.2, 0.25) is 0 Å². The molecular formula is C25H22Cl3N5O4. The first kappa shape index (κ1) is 25.5. The van der Waals surface area contributed by atoms with Gasteiger partial charge in [0.25, 0.3) is 11.8 Å². The summed E-state index contributed by atoms with van der Waals surface area (Å²) in [6, 6.07) is 6.98. The van der Waals surface area contributed by atoms with Crippen molar-refractivity contribution in [2.75, 3.05) is 6.54 Å². The van der Waals surface area contributed by atoms with Crippen LogP contribution < -0.4 is 5.32 Å². The molecule has 2 aliphatic rings. The second-order valence-electron chi connectivity index (χ2n) is 9.17. The van der Waals surface area contributed by atoms with E-state index in [4.69, 9.17) is 34.8 Å². The van der Waals surface area contributed by atoms with Crippen molar-refractivity contribution in [2.45, 2.75) is 44.3 Å². The molecule has 1 aliphatic carbocycles. The zero-order valence-corrected chi connectivity index (χ0v) is 21.7. The molecule has 1 fully saturated rings. The highest BCUT2D eigenvalue weighted by Gasteiger charge is 2.31. The van der Waals surface area contributed by atoms with Crippen LogP contribution in [0, 0.1) is 0 Å². The lowest BCUT2D eigenvalue weighted by atomic mass is 9.96. The Bertz CT molecular complexity index is 1390. The maximum Gasteiger partial charge on any atom is 0.328 e. The fourth-order valence-electron chi connectivity index (χ4n) is 4.38. The predicted octanol–water partition coefficient (Wildman–Crippen LogP) is 4.20. The molecule has 2 N–H and O–H groups in total. The van der Waals surface area contributed by atoms with Gasteiger partial charge in [0.05, 0.1) is 27.8 Å². The van der Waals surface area contributed by atoms with Gasteiger partial charge in [-0.25, -0.2) is 9.48 Å². The molecule has 2 heterocycles. The number of benzene rings is 2. The maximum atomic E-state index is 13.1. The number of nitrogens with one attached hydrogen (secondary N) is 1. The Hall–Kier alpha value is -3.14. The van der Waals surface area contributed by atoms with E-state index in [0.717, 1.165) is 24.1 Å². The minimum atomic E-state index is -1.27. The number of fused-ring (bicyclic) bond motifs is 1. The Balaban J connectivity index is 1.32. The number of hydrogen-bond donors (Lipinski definition) is 2. The van der Waals surface area contributed by atoms with Crippen molar-refractivity contribution in [2.24, 2.45) is 0 Å². The van der Waals surface area contributed by atoms with Crippen LogP contribution in [0.5, 0.6) is 0 Å². The van der Waals surface area contributed by atoms with Crippen molar-refractivity contribution in [3.8, 4) is 0 Å². The molecule has 12 heteroatoms. The van der Waals surface area contributed by atoms with Crippen LogP contribution in [0.15, 0.2) is 36.5 Å². The number of carboxylic acid groups (broad SMARTS) is 1. The Kier molecular flexibility index (Phi) is 7.11. The molecule has 1 aromatic heterocycles. The lowest BCUT2D eigenvalue weighted by Gasteiger charge is -2.30. The summed E-state index contributed by atoms with van der Waals surface area (Å²) in [5.74, 6) is -1.71. The lowest BCUT2D eigenvalue weighted by molar-refractivity contribution is -0.139. The third-order valence-electron chi connectivity index (χ3n) is 6.54. The Morgan fingerprint density at radius 1 is 1.14 bits per heavy atom. The average Bonchev–Trinajstić information content (AvgIpc) is 3.61. The molecule has 1 aliphatic heterocycles. The van der Waals surface area contributed by atoms with Crippen LogP contribution in [0.25, 0.3) is 0 Å². The van der Waals surface area contributed by atoms with Gasteiger partial charge in [0.15, 0.2) is 0 Å². The summed E-state index contributed by atoms with van der Waals surface area (Å²) >= 11 is 19.0. The summed E-state index contributed by atoms with van der Waals surface area (Å²) in [6.07, 6.45) is 4.20. The molecule has 0 spiro atoms. The van der Waals surface area contributed by atoms with Gasteiger partial charge in [-0.1, -0.05) is 40.0 Å². The van der Waals surface area contributed by atoms with E-state index in [2.05, 4.69) is 15.6 Å². The first-order chi connectivity index (χ1) is 17.7. The van der Waals surface area contributed by atoms with Crippen LogP contribution in [-0.2, 0) is 24.3 Å². The Morgan fingerprint density at radius 2 is 1.86 bits per heavy atom. The number of nitrogens with zero attached hydrogens (tertiary/aromatic N) is 4. The van der Waals surface area contributed by atoms with Crippen molar-refractivity contribution in [1.82, 2.24) is 25.2 Å². The molecule has 5 rings (SSSR count). The van der Waals surface area contributed by atoms with E-state index in [0.29, 0.717) is 35.0 Å². The number of hydrogen-bond acceptors (Lipinski definition) is 5. The fourth-order valence-corrected chi connectivity index (χ4v) is 5.27. The number of aliphatic carboxylic acids is 1. The van der Waals surface area contributed by atoms with E-state index in [1.54, 1.807) is 41.4 Å². The molecular weight excluding hydrogens is 541 g/mol. The molecule has 0 radical (unpaired) electrons. The number of halogens is 3. The normalized spacial score (nSPS) is 15.7. The number of carbonyl (C=O) groups is 3. The molecule has 1 atom stereocenters. The average molecular weight is 563 g/mol. The maximum absolute atomic E-state index is 13.1. The van der Waals surface area contributed by atoms with Crippen LogP contribution in [0.2, 0.25) is 15.1 Å². The van der Waals surface area contributed by atoms with E-state index in [1.807, 2.05) is 0 Å². The van der Waals surface area contributed by atoms with E-state index in [-0.39, 0.29) is 34.6 Å². The minimum Gasteiger partial charge on any atom is -0.480 e. The van der Waals surface area contributed by atoms with Gasteiger partial charge >= 0.3 is 5.97 Å². The van der Waals surface area contributed by atoms with Crippen molar-refractivity contribution in [1.29, 1.82) is 0 Å². The molecule has 1 saturated carbocycles. The molecule has 0 bridgehead atoms. The molecule has 2 aromatic carbocycles. The van der Waals surface area contributed by atoms with E-state index < -0.39 is 17.9 Å². The summed E-state index contributed by atoms with van der Waals surface area (Å²) in [7, 11) is 0. The summed E-state index contributed by atoms with van der Waals surface area (Å²) in [6.45, 7) is 0.568. The second kappa shape index (κ2) is 10.3. The van der Waals surface area contributed by atoms with Gasteiger partial charge in [-0.3, -0.25) is 9.59 Å². The standard InChI is InChI=1S/C25H22Cl3N5O4/c26-16-5-3-14(4-6-16)24(35)32-8-7-17-15(10-32)9-18(27)21(22(17)28)23(34)29-20(25(36)37)12-33-11-19(30-31-33)13-1-2-13/h3-6,9,11,13,20H,1-2,7-8,10,12H2,(H,29,34)(H,36,37)/t20-/m0/s1. The SMILES string of the molecule is O=C(N[C@@H](Cn1cc(C2CC2)nn1)C(=O)O)c1c(Cl)cc2c(c1Cl)CCN(C(=O)c1ccc(Cl)cc1)C2. The van der Waals surface area contributed by atoms with Crippen molar-refractivity contribution in [3.63, 3.8) is 0 Å². The first-order valence-electron chi connectivity index (χ1n) is 11.7. The minimum absolute atomic E-state index is 0.00284. The summed E-state index contributed by atoms with van der Waals surface area (Å²) in [5, 5.41) is 21.0. The van der Waals surface area contributed by atoms with Crippen molar-refractivity contribution in [3.05, 3.63) is 79.5 Å². The Morgan fingerprint density at radius 3 is 2.54 bits per heavy atom. The number of rotatable bonds is 7. The number of aromatic nitrogens is 3. The van der Waals surface area contributed by atoms with Crippen LogP contribution in [0.4, 0.5) is 0 Å². The Labute approximate surface area is 227 Å². The van der Waals surface area contributed by atoms with Gasteiger partial charge in [-0.2, -0.15) is 0 Å². The fraction of sp³-hybridized carbons (Fsp3) is 0.320. The quantitative estimate of drug-likeness (QED) is 0.446. The van der Waals surface area contributed by atoms with E-state index >= 15 is 0 Å². The van der Waals surface area contributed by atoms with Gasteiger partial charge in [-0.05, 0) is 60.7 Å². The zero-order valence-electron chi connectivity index (χ0n) is 19.5. The monoisotopic (exact) mass is 561 g/mol. The van der Waals surface area contributed by atoms with E-state index in [9.17, 15) is 19.5 Å². The topological polar surface area (TPSA) is 117 Å². The van der Waals surface area contributed by atoms with Crippen LogP contribution in [-0.4, -0.2) is 55.4 Å². The highest BCUT2D eigenvalue weighted by Crippen LogP contribution is 2.38. The largest absolute Gasteiger partial charge is 0.480 e. The highest BCUT2D eigenvalue weighted by molar-refractivity contribution is 6.40. The molecule has 3 aromatic rings. The molecule has 2 amide bonds. The number of amides is 2. The first-order valence-corrected chi connectivity index (χ1v) is 12.8. The van der Waals surface area contributed by atoms with Crippen LogP contribution >= 0.6 is 34.8 Å². The molecule has 192 valence electrons. The lowest BCUT2D eigenvalue weighted by Crippen LogP contribution is -2.44. The molecule has 0 saturated heterocycles. The summed E-state index contributed by atoms with van der Waals surface area (Å²) < 4.78 is 1.41. The van der Waals surface area contributed by atoms with Crippen LogP contribution in [0.1, 0.15) is 56.3 Å². The summed E-state index contributed by atoms with van der Waals surface area (Å²) in [4.78, 5) is 39.6. The smallest absolute Gasteiger partial charge is 0.328 e. The van der Waals surface area contributed by atoms with Crippen molar-refractivity contribution >= 4 is 52.6 Å². The highest BCUT2D eigenvalue weighted by atomic mass is 35.5. The predicted molar refractivity (Wildman–Crippen MR) is 137 cm³/mol.